The van der Waals surface area contributed by atoms with Gasteiger partial charge in [-0.25, -0.2) is 9.78 Å². The molecule has 0 aliphatic heterocycles. The molecule has 2 aromatic carbocycles. The van der Waals surface area contributed by atoms with Gasteiger partial charge in [0.2, 0.25) is 0 Å². The van der Waals surface area contributed by atoms with Crippen LogP contribution in [0.25, 0.3) is 10.9 Å². The highest BCUT2D eigenvalue weighted by Gasteiger charge is 2.30. The summed E-state index contributed by atoms with van der Waals surface area (Å²) in [5.74, 6) is 0.757. The minimum absolute atomic E-state index is 0.0179. The van der Waals surface area contributed by atoms with Gasteiger partial charge in [-0.3, -0.25) is 9.36 Å². The summed E-state index contributed by atoms with van der Waals surface area (Å²) >= 11 is 6.07. The van der Waals surface area contributed by atoms with Crippen molar-refractivity contribution in [2.24, 2.45) is 7.05 Å². The maximum absolute atomic E-state index is 13.3. The van der Waals surface area contributed by atoms with Crippen molar-refractivity contribution in [1.29, 1.82) is 0 Å². The summed E-state index contributed by atoms with van der Waals surface area (Å²) in [5.41, 5.74) is -0.588. The summed E-state index contributed by atoms with van der Waals surface area (Å²) in [6, 6.07) is 10.8. The largest absolute Gasteiger partial charge is 0.467 e. The van der Waals surface area contributed by atoms with Crippen molar-refractivity contribution in [2.45, 2.75) is 25.7 Å². The molecule has 1 atom stereocenters. The number of rotatable bonds is 5. The van der Waals surface area contributed by atoms with Gasteiger partial charge in [0.1, 0.15) is 11.6 Å². The predicted molar refractivity (Wildman–Crippen MR) is 125 cm³/mol. The molecule has 2 aromatic heterocycles. The highest BCUT2D eigenvalue weighted by atomic mass is 35.5. The molecule has 35 heavy (non-hydrogen) atoms. The zero-order valence-corrected chi connectivity index (χ0v) is 19.4. The third kappa shape index (κ3) is 5.17. The van der Waals surface area contributed by atoms with Gasteiger partial charge >= 0.3 is 12.2 Å². The van der Waals surface area contributed by atoms with E-state index < -0.39 is 23.8 Å². The number of alkyl halides is 3. The van der Waals surface area contributed by atoms with Crippen molar-refractivity contribution in [1.82, 2.24) is 14.5 Å². The normalized spacial score (nSPS) is 12.5. The quantitative estimate of drug-likeness (QED) is 0.362. The van der Waals surface area contributed by atoms with Gasteiger partial charge in [-0.05, 0) is 61.5 Å². The Kier molecular flexibility index (Phi) is 6.58. The summed E-state index contributed by atoms with van der Waals surface area (Å²) in [5, 5.41) is 3.39. The van der Waals surface area contributed by atoms with Crippen LogP contribution >= 0.6 is 11.6 Å². The van der Waals surface area contributed by atoms with E-state index in [2.05, 4.69) is 10.3 Å². The molecule has 7 nitrogen and oxygen atoms in total. The fourth-order valence-electron chi connectivity index (χ4n) is 3.67. The van der Waals surface area contributed by atoms with Crippen LogP contribution < -0.4 is 10.9 Å². The van der Waals surface area contributed by atoms with E-state index in [1.807, 2.05) is 0 Å². The lowest BCUT2D eigenvalue weighted by molar-refractivity contribution is -0.137. The number of nitrogens with zero attached hydrogens (tertiary/aromatic N) is 3. The predicted octanol–water partition coefficient (Wildman–Crippen LogP) is 5.99. The Morgan fingerprint density at radius 2 is 1.91 bits per heavy atom. The lowest BCUT2D eigenvalue weighted by Crippen LogP contribution is -2.39. The fourth-order valence-corrected chi connectivity index (χ4v) is 3.83. The minimum Gasteiger partial charge on any atom is -0.467 e. The van der Waals surface area contributed by atoms with E-state index in [1.54, 1.807) is 44.3 Å². The van der Waals surface area contributed by atoms with Crippen LogP contribution in [0.3, 0.4) is 0 Å². The first kappa shape index (κ1) is 24.3. The van der Waals surface area contributed by atoms with Crippen LogP contribution in [-0.4, -0.2) is 20.5 Å². The van der Waals surface area contributed by atoms with Crippen LogP contribution in [0.4, 0.5) is 23.7 Å². The molecule has 4 aromatic rings. The van der Waals surface area contributed by atoms with Crippen LogP contribution in [0.15, 0.2) is 70.1 Å². The molecule has 0 aliphatic carbocycles. The Balaban J connectivity index is 1.69. The van der Waals surface area contributed by atoms with Gasteiger partial charge in [-0.1, -0.05) is 11.6 Å². The smallest absolute Gasteiger partial charge is 0.416 e. The first-order chi connectivity index (χ1) is 16.5. The minimum atomic E-state index is -4.49. The third-order valence-corrected chi connectivity index (χ3v) is 5.78. The number of hydrogen-bond donors (Lipinski definition) is 1. The second kappa shape index (κ2) is 9.46. The number of benzene rings is 2. The van der Waals surface area contributed by atoms with Crippen molar-refractivity contribution in [3.8, 4) is 0 Å². The molecule has 0 bridgehead atoms. The fraction of sp³-hybridized carbons (Fsp3) is 0.208. The van der Waals surface area contributed by atoms with E-state index in [0.29, 0.717) is 27.5 Å². The number of amides is 2. The second-order valence-electron chi connectivity index (χ2n) is 7.88. The van der Waals surface area contributed by atoms with Gasteiger partial charge in [-0.15, -0.1) is 0 Å². The molecular weight excluding hydrogens is 485 g/mol. The Labute approximate surface area is 202 Å². The van der Waals surface area contributed by atoms with E-state index in [-0.39, 0.29) is 17.8 Å². The molecule has 2 amide bonds. The Hall–Kier alpha value is -3.79. The van der Waals surface area contributed by atoms with Crippen molar-refractivity contribution in [3.63, 3.8) is 0 Å². The van der Waals surface area contributed by atoms with Crippen molar-refractivity contribution < 1.29 is 22.4 Å². The number of hydrogen-bond acceptors (Lipinski definition) is 4. The maximum atomic E-state index is 13.3. The summed E-state index contributed by atoms with van der Waals surface area (Å²) in [7, 11) is 1.55. The Morgan fingerprint density at radius 3 is 2.54 bits per heavy atom. The molecule has 0 aliphatic rings. The highest BCUT2D eigenvalue weighted by Crippen LogP contribution is 2.30. The molecule has 0 spiro atoms. The first-order valence-electron chi connectivity index (χ1n) is 10.5. The van der Waals surface area contributed by atoms with Gasteiger partial charge < -0.3 is 14.6 Å². The van der Waals surface area contributed by atoms with E-state index in [1.165, 1.54) is 27.9 Å². The average molecular weight is 505 g/mol. The molecule has 11 heteroatoms. The van der Waals surface area contributed by atoms with Crippen molar-refractivity contribution in [2.75, 3.05) is 5.32 Å². The van der Waals surface area contributed by atoms with Gasteiger partial charge in [0, 0.05) is 17.8 Å². The Bertz CT molecular complexity index is 1420. The highest BCUT2D eigenvalue weighted by molar-refractivity contribution is 6.31. The van der Waals surface area contributed by atoms with Gasteiger partial charge in [-0.2, -0.15) is 13.2 Å². The lowest BCUT2D eigenvalue weighted by atomic mass is 10.2. The van der Waals surface area contributed by atoms with E-state index >= 15 is 0 Å². The summed E-state index contributed by atoms with van der Waals surface area (Å²) < 4.78 is 45.4. The lowest BCUT2D eigenvalue weighted by Gasteiger charge is -2.29. The zero-order valence-electron chi connectivity index (χ0n) is 18.6. The topological polar surface area (TPSA) is 80.4 Å². The van der Waals surface area contributed by atoms with Gasteiger partial charge in [0.15, 0.2) is 0 Å². The molecule has 0 saturated carbocycles. The van der Waals surface area contributed by atoms with E-state index in [4.69, 9.17) is 16.0 Å². The second-order valence-corrected chi connectivity index (χ2v) is 8.32. The van der Waals surface area contributed by atoms with Crippen LogP contribution in [0.5, 0.6) is 0 Å². The number of nitrogens with one attached hydrogen (secondary N) is 1. The van der Waals surface area contributed by atoms with Gasteiger partial charge in [0.25, 0.3) is 5.56 Å². The summed E-state index contributed by atoms with van der Waals surface area (Å²) in [4.78, 5) is 32.1. The molecule has 2 heterocycles. The number of anilines is 1. The standard InChI is InChI=1S/C24H20ClF3N4O3/c1-14(21-30-20-12-16(25)7-10-19(20)22(33)31(21)2)32(13-18-4-3-11-35-18)23(34)29-17-8-5-15(6-9-17)24(26,27)28/h3-12,14H,13H2,1-2H3,(H,29,34). The first-order valence-corrected chi connectivity index (χ1v) is 10.9. The molecular formula is C24H20ClF3N4O3. The van der Waals surface area contributed by atoms with E-state index in [0.717, 1.165) is 12.1 Å². The van der Waals surface area contributed by atoms with Crippen LogP contribution in [0.2, 0.25) is 5.02 Å². The number of fused-ring (bicyclic) bond motifs is 1. The van der Waals surface area contributed by atoms with Crippen molar-refractivity contribution >= 4 is 34.2 Å². The molecule has 1 N–H and O–H groups in total. The van der Waals surface area contributed by atoms with E-state index in [9.17, 15) is 22.8 Å². The number of carbonyl (C=O) groups is 1. The monoisotopic (exact) mass is 504 g/mol. The third-order valence-electron chi connectivity index (χ3n) is 5.55. The summed E-state index contributed by atoms with van der Waals surface area (Å²) in [6.45, 7) is 1.71. The molecule has 1 unspecified atom stereocenters. The molecule has 0 fully saturated rings. The van der Waals surface area contributed by atoms with Crippen LogP contribution in [-0.2, 0) is 19.8 Å². The molecule has 4 rings (SSSR count). The molecule has 0 radical (unpaired) electrons. The average Bonchev–Trinajstić information content (AvgIpc) is 3.32. The van der Waals surface area contributed by atoms with Crippen molar-refractivity contribution in [3.05, 3.63) is 93.4 Å². The van der Waals surface area contributed by atoms with Gasteiger partial charge in [0.05, 0.1) is 35.3 Å². The zero-order chi connectivity index (χ0) is 25.3. The Morgan fingerprint density at radius 1 is 1.20 bits per heavy atom. The van der Waals surface area contributed by atoms with Crippen LogP contribution in [0.1, 0.15) is 30.1 Å². The number of furan rings is 1. The SMILES string of the molecule is CC(c1nc2cc(Cl)ccc2c(=O)n1C)N(Cc1ccco1)C(=O)Nc1ccc(C(F)(F)F)cc1. The maximum Gasteiger partial charge on any atom is 0.416 e. The molecule has 182 valence electrons. The number of urea groups is 1. The number of halogens is 4. The van der Waals surface area contributed by atoms with Crippen LogP contribution in [0, 0.1) is 0 Å². The number of aromatic nitrogens is 2. The number of carbonyl (C=O) groups excluding carboxylic acids is 1. The molecule has 0 saturated heterocycles. The summed E-state index contributed by atoms with van der Waals surface area (Å²) in [6.07, 6.45) is -3.03.